The first-order valence-corrected chi connectivity index (χ1v) is 6.29. The van der Waals surface area contributed by atoms with Gasteiger partial charge in [0.15, 0.2) is 5.70 Å². The topological polar surface area (TPSA) is 51.5 Å². The quantitative estimate of drug-likeness (QED) is 0.629. The number of hydrogen-bond acceptors (Lipinski definition) is 4. The van der Waals surface area contributed by atoms with E-state index in [-0.39, 0.29) is 11.6 Å². The summed E-state index contributed by atoms with van der Waals surface area (Å²) in [5, 5.41) is 0.617. The number of halogens is 1. The third-order valence-electron chi connectivity index (χ3n) is 2.72. The number of esters is 1. The van der Waals surface area contributed by atoms with Crippen molar-refractivity contribution in [1.82, 2.24) is 4.98 Å². The highest BCUT2D eigenvalue weighted by molar-refractivity contribution is 6.30. The van der Waals surface area contributed by atoms with E-state index >= 15 is 0 Å². The molecular formula is C15H9ClN2O2. The van der Waals surface area contributed by atoms with Crippen LogP contribution < -0.4 is 0 Å². The molecule has 20 heavy (non-hydrogen) atoms. The van der Waals surface area contributed by atoms with E-state index in [2.05, 4.69) is 9.98 Å². The summed E-state index contributed by atoms with van der Waals surface area (Å²) in [5.74, 6) is -0.182. The van der Waals surface area contributed by atoms with Gasteiger partial charge >= 0.3 is 5.97 Å². The fourth-order valence-corrected chi connectivity index (χ4v) is 1.87. The molecule has 0 fully saturated rings. The van der Waals surface area contributed by atoms with Crippen LogP contribution in [-0.4, -0.2) is 16.9 Å². The van der Waals surface area contributed by atoms with Crippen molar-refractivity contribution in [2.75, 3.05) is 0 Å². The number of rotatable bonds is 2. The molecule has 0 bridgehead atoms. The molecule has 1 aromatic heterocycles. The average Bonchev–Trinajstić information content (AvgIpc) is 2.82. The number of aromatic nitrogens is 1. The maximum absolute atomic E-state index is 11.8. The van der Waals surface area contributed by atoms with E-state index in [1.807, 2.05) is 0 Å². The number of pyridine rings is 1. The van der Waals surface area contributed by atoms with Gasteiger partial charge in [-0.2, -0.15) is 0 Å². The predicted molar refractivity (Wildman–Crippen MR) is 76.3 cm³/mol. The molecule has 0 saturated heterocycles. The number of carbonyl (C=O) groups is 1. The summed E-state index contributed by atoms with van der Waals surface area (Å²) in [6.45, 7) is 0. The van der Waals surface area contributed by atoms with Gasteiger partial charge in [-0.15, -0.1) is 0 Å². The lowest BCUT2D eigenvalue weighted by Crippen LogP contribution is -2.05. The zero-order valence-corrected chi connectivity index (χ0v) is 11.0. The smallest absolute Gasteiger partial charge is 0.363 e. The largest absolute Gasteiger partial charge is 0.402 e. The Labute approximate surface area is 120 Å². The molecule has 0 atom stereocenters. The van der Waals surface area contributed by atoms with Crippen LogP contribution in [0.2, 0.25) is 5.02 Å². The zero-order chi connectivity index (χ0) is 13.9. The molecule has 0 spiro atoms. The molecule has 4 nitrogen and oxygen atoms in total. The third kappa shape index (κ3) is 2.60. The van der Waals surface area contributed by atoms with Crippen molar-refractivity contribution in [1.29, 1.82) is 0 Å². The third-order valence-corrected chi connectivity index (χ3v) is 2.97. The number of aliphatic imine (C=N–C) groups is 1. The summed E-state index contributed by atoms with van der Waals surface area (Å²) < 4.78 is 5.16. The standard InChI is InChI=1S/C15H9ClN2O2/c16-12-3-1-11(2-4-12)14-18-13(15(19)20-14)9-10-5-7-17-8-6-10/h1-9H/b13-9-. The summed E-state index contributed by atoms with van der Waals surface area (Å²) >= 11 is 5.82. The second-order valence-corrected chi connectivity index (χ2v) is 4.56. The minimum atomic E-state index is -0.466. The van der Waals surface area contributed by atoms with E-state index in [1.165, 1.54) is 0 Å². The Morgan fingerprint density at radius 1 is 1.05 bits per heavy atom. The van der Waals surface area contributed by atoms with E-state index in [1.54, 1.807) is 54.9 Å². The van der Waals surface area contributed by atoms with Crippen molar-refractivity contribution >= 4 is 29.5 Å². The van der Waals surface area contributed by atoms with Crippen LogP contribution >= 0.6 is 11.6 Å². The monoisotopic (exact) mass is 284 g/mol. The van der Waals surface area contributed by atoms with E-state index in [0.717, 1.165) is 5.56 Å². The Morgan fingerprint density at radius 3 is 2.45 bits per heavy atom. The van der Waals surface area contributed by atoms with Crippen LogP contribution in [0.15, 0.2) is 59.5 Å². The molecule has 3 rings (SSSR count). The van der Waals surface area contributed by atoms with Crippen LogP contribution in [0.3, 0.4) is 0 Å². The molecule has 5 heteroatoms. The first-order chi connectivity index (χ1) is 9.72. The van der Waals surface area contributed by atoms with E-state index < -0.39 is 5.97 Å². The highest BCUT2D eigenvalue weighted by Gasteiger charge is 2.23. The lowest BCUT2D eigenvalue weighted by atomic mass is 10.2. The van der Waals surface area contributed by atoms with Crippen molar-refractivity contribution in [2.45, 2.75) is 0 Å². The number of nitrogens with zero attached hydrogens (tertiary/aromatic N) is 2. The molecule has 1 aliphatic rings. The minimum Gasteiger partial charge on any atom is -0.402 e. The van der Waals surface area contributed by atoms with Gasteiger partial charge in [-0.1, -0.05) is 11.6 Å². The minimum absolute atomic E-state index is 0.265. The summed E-state index contributed by atoms with van der Waals surface area (Å²) in [6, 6.07) is 10.5. The maximum atomic E-state index is 11.8. The Morgan fingerprint density at radius 2 is 1.75 bits per heavy atom. The lowest BCUT2D eigenvalue weighted by molar-refractivity contribution is -0.129. The van der Waals surface area contributed by atoms with Crippen LogP contribution in [0.1, 0.15) is 11.1 Å². The summed E-state index contributed by atoms with van der Waals surface area (Å²) in [6.07, 6.45) is 4.96. The van der Waals surface area contributed by atoms with E-state index in [9.17, 15) is 4.79 Å². The van der Waals surface area contributed by atoms with Crippen molar-refractivity contribution in [3.05, 3.63) is 70.6 Å². The van der Waals surface area contributed by atoms with Crippen molar-refractivity contribution in [2.24, 2.45) is 4.99 Å². The molecule has 0 radical (unpaired) electrons. The number of carbonyl (C=O) groups excluding carboxylic acids is 1. The molecule has 1 aromatic carbocycles. The van der Waals surface area contributed by atoms with Crippen molar-refractivity contribution < 1.29 is 9.53 Å². The number of benzene rings is 1. The second-order valence-electron chi connectivity index (χ2n) is 4.12. The average molecular weight is 285 g/mol. The zero-order valence-electron chi connectivity index (χ0n) is 10.3. The highest BCUT2D eigenvalue weighted by atomic mass is 35.5. The van der Waals surface area contributed by atoms with Gasteiger partial charge < -0.3 is 4.74 Å². The molecule has 0 unspecified atom stereocenters. The van der Waals surface area contributed by atoms with E-state index in [4.69, 9.17) is 16.3 Å². The second kappa shape index (κ2) is 5.27. The van der Waals surface area contributed by atoms with Crippen LogP contribution in [0, 0.1) is 0 Å². The molecule has 0 aliphatic carbocycles. The normalized spacial score (nSPS) is 16.1. The molecule has 1 aliphatic heterocycles. The number of hydrogen-bond donors (Lipinski definition) is 0. The molecule has 0 saturated carbocycles. The Hall–Kier alpha value is -2.46. The van der Waals surface area contributed by atoms with Crippen LogP contribution in [0.5, 0.6) is 0 Å². The number of ether oxygens (including phenoxy) is 1. The van der Waals surface area contributed by atoms with Crippen LogP contribution in [0.4, 0.5) is 0 Å². The van der Waals surface area contributed by atoms with Crippen molar-refractivity contribution in [3.63, 3.8) is 0 Å². The van der Waals surface area contributed by atoms with Crippen LogP contribution in [0.25, 0.3) is 6.08 Å². The molecular weight excluding hydrogens is 276 g/mol. The van der Waals surface area contributed by atoms with Crippen LogP contribution in [-0.2, 0) is 9.53 Å². The first-order valence-electron chi connectivity index (χ1n) is 5.91. The Bertz CT molecular complexity index is 706. The van der Waals surface area contributed by atoms with Gasteiger partial charge in [0.1, 0.15) is 0 Å². The molecule has 98 valence electrons. The fourth-order valence-electron chi connectivity index (χ4n) is 1.74. The molecule has 0 amide bonds. The predicted octanol–water partition coefficient (Wildman–Crippen LogP) is 3.08. The van der Waals surface area contributed by atoms with Gasteiger partial charge in [-0.3, -0.25) is 4.98 Å². The van der Waals surface area contributed by atoms with E-state index in [0.29, 0.717) is 10.6 Å². The molecule has 2 heterocycles. The molecule has 0 N–H and O–H groups in total. The summed E-state index contributed by atoms with van der Waals surface area (Å²) in [7, 11) is 0. The Balaban J connectivity index is 1.93. The SMILES string of the molecule is O=C1OC(c2ccc(Cl)cc2)=N/C1=C\c1ccncc1. The van der Waals surface area contributed by atoms with Gasteiger partial charge in [0, 0.05) is 23.0 Å². The summed E-state index contributed by atoms with van der Waals surface area (Å²) in [4.78, 5) is 19.9. The van der Waals surface area contributed by atoms with Gasteiger partial charge in [-0.05, 0) is 48.0 Å². The van der Waals surface area contributed by atoms with Crippen molar-refractivity contribution in [3.8, 4) is 0 Å². The maximum Gasteiger partial charge on any atom is 0.363 e. The fraction of sp³-hybridized carbons (Fsp3) is 0. The highest BCUT2D eigenvalue weighted by Crippen LogP contribution is 2.19. The first kappa shape index (κ1) is 12.6. The Kier molecular flexibility index (Phi) is 3.31. The van der Waals surface area contributed by atoms with Gasteiger partial charge in [0.25, 0.3) is 0 Å². The lowest BCUT2D eigenvalue weighted by Gasteiger charge is -1.98. The van der Waals surface area contributed by atoms with Gasteiger partial charge in [0.2, 0.25) is 5.90 Å². The number of cyclic esters (lactones) is 1. The van der Waals surface area contributed by atoms with Gasteiger partial charge in [0.05, 0.1) is 0 Å². The van der Waals surface area contributed by atoms with Gasteiger partial charge in [-0.25, -0.2) is 9.79 Å². The summed E-state index contributed by atoms with van der Waals surface area (Å²) in [5.41, 5.74) is 1.81. The molecule has 2 aromatic rings.